The first-order valence-corrected chi connectivity index (χ1v) is 5.90. The van der Waals surface area contributed by atoms with E-state index in [1.165, 1.54) is 6.08 Å². The molecule has 1 aromatic carbocycles. The van der Waals surface area contributed by atoms with E-state index in [9.17, 15) is 9.59 Å². The first-order valence-electron chi connectivity index (χ1n) is 5.90. The first kappa shape index (κ1) is 12.4. The molecule has 0 aromatic heterocycles. The zero-order valence-corrected chi connectivity index (χ0v) is 10.6. The molecular weight excluding hydrogens is 228 g/mol. The monoisotopic (exact) mass is 244 g/mol. The fraction of sp³-hybridized carbons (Fsp3) is 0.286. The Kier molecular flexibility index (Phi) is 3.46. The van der Waals surface area contributed by atoms with Crippen molar-refractivity contribution in [1.82, 2.24) is 10.2 Å². The minimum Gasteiger partial charge on any atom is -0.379 e. The van der Waals surface area contributed by atoms with Crippen LogP contribution < -0.4 is 5.32 Å². The van der Waals surface area contributed by atoms with Crippen LogP contribution in [-0.2, 0) is 4.79 Å². The van der Waals surface area contributed by atoms with Crippen LogP contribution in [-0.4, -0.2) is 36.7 Å². The standard InChI is InChI=1S/C14H16N2O2/c1-10-3-5-11(6-4-10)13(17)9-12-14(18)16(2)8-7-15-12/h3-6,9,15H,7-8H2,1-2H3/b12-9+. The summed E-state index contributed by atoms with van der Waals surface area (Å²) in [6.07, 6.45) is 1.38. The van der Waals surface area contributed by atoms with Gasteiger partial charge in [-0.3, -0.25) is 9.59 Å². The summed E-state index contributed by atoms with van der Waals surface area (Å²) in [5, 5.41) is 2.96. The largest absolute Gasteiger partial charge is 0.379 e. The van der Waals surface area contributed by atoms with Crippen molar-refractivity contribution in [2.24, 2.45) is 0 Å². The zero-order chi connectivity index (χ0) is 13.1. The maximum atomic E-state index is 12.0. The van der Waals surface area contributed by atoms with Crippen LogP contribution >= 0.6 is 0 Å². The van der Waals surface area contributed by atoms with Gasteiger partial charge in [-0.05, 0) is 6.92 Å². The second-order valence-electron chi connectivity index (χ2n) is 4.44. The number of allylic oxidation sites excluding steroid dienone is 1. The fourth-order valence-electron chi connectivity index (χ4n) is 1.79. The molecule has 1 N–H and O–H groups in total. The van der Waals surface area contributed by atoms with Crippen molar-refractivity contribution in [3.05, 3.63) is 47.2 Å². The van der Waals surface area contributed by atoms with Crippen molar-refractivity contribution in [2.75, 3.05) is 20.1 Å². The molecule has 1 saturated heterocycles. The molecule has 1 aromatic rings. The predicted octanol–water partition coefficient (Wildman–Crippen LogP) is 1.12. The highest BCUT2D eigenvalue weighted by atomic mass is 16.2. The fourth-order valence-corrected chi connectivity index (χ4v) is 1.79. The smallest absolute Gasteiger partial charge is 0.269 e. The number of ketones is 1. The minimum atomic E-state index is -0.152. The van der Waals surface area contributed by atoms with Gasteiger partial charge in [0.15, 0.2) is 5.78 Å². The summed E-state index contributed by atoms with van der Waals surface area (Å²) < 4.78 is 0. The Bertz CT molecular complexity index is 503. The number of rotatable bonds is 2. The molecule has 0 saturated carbocycles. The van der Waals surface area contributed by atoms with Crippen LogP contribution in [0.1, 0.15) is 15.9 Å². The number of aryl methyl sites for hydroxylation is 1. The van der Waals surface area contributed by atoms with Crippen LogP contribution in [0.2, 0.25) is 0 Å². The van der Waals surface area contributed by atoms with Crippen LogP contribution in [0.5, 0.6) is 0 Å². The molecule has 0 aliphatic carbocycles. The number of carbonyl (C=O) groups excluding carboxylic acids is 2. The Morgan fingerprint density at radius 1 is 1.33 bits per heavy atom. The third-order valence-corrected chi connectivity index (χ3v) is 2.95. The van der Waals surface area contributed by atoms with Crippen molar-refractivity contribution in [3.63, 3.8) is 0 Å². The van der Waals surface area contributed by atoms with Crippen molar-refractivity contribution in [2.45, 2.75) is 6.92 Å². The SMILES string of the molecule is Cc1ccc(C(=O)/C=C2/NCCN(C)C2=O)cc1. The van der Waals surface area contributed by atoms with Crippen LogP contribution in [0.15, 0.2) is 36.0 Å². The van der Waals surface area contributed by atoms with Crippen LogP contribution in [0.25, 0.3) is 0 Å². The molecule has 4 heteroatoms. The molecule has 0 bridgehead atoms. The second-order valence-corrected chi connectivity index (χ2v) is 4.44. The van der Waals surface area contributed by atoms with E-state index in [4.69, 9.17) is 0 Å². The molecule has 2 rings (SSSR count). The minimum absolute atomic E-state index is 0.137. The molecule has 0 spiro atoms. The molecule has 1 heterocycles. The van der Waals surface area contributed by atoms with E-state index in [-0.39, 0.29) is 11.7 Å². The summed E-state index contributed by atoms with van der Waals surface area (Å²) in [7, 11) is 1.73. The van der Waals surface area contributed by atoms with Gasteiger partial charge >= 0.3 is 0 Å². The second kappa shape index (κ2) is 5.04. The summed E-state index contributed by atoms with van der Waals surface area (Å²) in [6.45, 7) is 3.30. The van der Waals surface area contributed by atoms with Crippen LogP contribution in [0.3, 0.4) is 0 Å². The highest BCUT2D eigenvalue weighted by Crippen LogP contribution is 2.08. The van der Waals surface area contributed by atoms with Crippen molar-refractivity contribution >= 4 is 11.7 Å². The van der Waals surface area contributed by atoms with E-state index >= 15 is 0 Å². The van der Waals surface area contributed by atoms with E-state index in [0.717, 1.165) is 5.56 Å². The Morgan fingerprint density at radius 2 is 2.00 bits per heavy atom. The Balaban J connectivity index is 2.19. The Morgan fingerprint density at radius 3 is 2.67 bits per heavy atom. The number of nitrogens with zero attached hydrogens (tertiary/aromatic N) is 1. The third kappa shape index (κ3) is 2.59. The zero-order valence-electron chi connectivity index (χ0n) is 10.6. The first-order chi connectivity index (χ1) is 8.58. The van der Waals surface area contributed by atoms with Gasteiger partial charge in [0.25, 0.3) is 5.91 Å². The van der Waals surface area contributed by atoms with Gasteiger partial charge in [0, 0.05) is 31.8 Å². The molecule has 1 aliphatic rings. The van der Waals surface area contributed by atoms with Gasteiger partial charge in [0.2, 0.25) is 0 Å². The molecular formula is C14H16N2O2. The summed E-state index contributed by atoms with van der Waals surface area (Å²) in [6, 6.07) is 7.31. The van der Waals surface area contributed by atoms with E-state index < -0.39 is 0 Å². The molecule has 18 heavy (non-hydrogen) atoms. The summed E-state index contributed by atoms with van der Waals surface area (Å²) in [4.78, 5) is 25.4. The lowest BCUT2D eigenvalue weighted by molar-refractivity contribution is -0.127. The van der Waals surface area contributed by atoms with Crippen molar-refractivity contribution in [1.29, 1.82) is 0 Å². The predicted molar refractivity (Wildman–Crippen MR) is 69.2 cm³/mol. The molecule has 1 amide bonds. The van der Waals surface area contributed by atoms with E-state index in [0.29, 0.717) is 24.4 Å². The lowest BCUT2D eigenvalue weighted by Crippen LogP contribution is -2.44. The molecule has 94 valence electrons. The van der Waals surface area contributed by atoms with Crippen molar-refractivity contribution < 1.29 is 9.59 Å². The lowest BCUT2D eigenvalue weighted by Gasteiger charge is -2.25. The number of likely N-dealkylation sites (N-methyl/N-ethyl adjacent to an activating group) is 1. The van der Waals surface area contributed by atoms with Crippen LogP contribution in [0.4, 0.5) is 0 Å². The summed E-state index contributed by atoms with van der Waals surface area (Å²) in [5.41, 5.74) is 2.07. The topological polar surface area (TPSA) is 49.4 Å². The molecule has 0 unspecified atom stereocenters. The maximum Gasteiger partial charge on any atom is 0.269 e. The number of benzene rings is 1. The van der Waals surface area contributed by atoms with Gasteiger partial charge in [0.1, 0.15) is 5.70 Å². The maximum absolute atomic E-state index is 12.0. The molecule has 0 atom stereocenters. The average molecular weight is 244 g/mol. The van der Waals surface area contributed by atoms with Crippen LogP contribution in [0, 0.1) is 6.92 Å². The Labute approximate surface area is 106 Å². The van der Waals surface area contributed by atoms with Gasteiger partial charge in [-0.1, -0.05) is 29.8 Å². The highest BCUT2D eigenvalue weighted by Gasteiger charge is 2.20. The normalized spacial score (nSPS) is 17.8. The van der Waals surface area contributed by atoms with E-state index in [2.05, 4.69) is 5.32 Å². The number of hydrogen-bond donors (Lipinski definition) is 1. The number of hydrogen-bond acceptors (Lipinski definition) is 3. The lowest BCUT2D eigenvalue weighted by atomic mass is 10.1. The average Bonchev–Trinajstić information content (AvgIpc) is 2.36. The molecule has 1 fully saturated rings. The van der Waals surface area contributed by atoms with Gasteiger partial charge < -0.3 is 10.2 Å². The summed E-state index contributed by atoms with van der Waals surface area (Å²) in [5.74, 6) is -0.289. The number of carbonyl (C=O) groups is 2. The van der Waals surface area contributed by atoms with E-state index in [1.807, 2.05) is 19.1 Å². The van der Waals surface area contributed by atoms with Gasteiger partial charge in [-0.15, -0.1) is 0 Å². The number of nitrogens with one attached hydrogen (secondary N) is 1. The highest BCUT2D eigenvalue weighted by molar-refractivity contribution is 6.09. The van der Waals surface area contributed by atoms with Crippen molar-refractivity contribution in [3.8, 4) is 0 Å². The number of amides is 1. The number of piperazine rings is 1. The third-order valence-electron chi connectivity index (χ3n) is 2.95. The molecule has 0 radical (unpaired) electrons. The Hall–Kier alpha value is -2.10. The van der Waals surface area contributed by atoms with Gasteiger partial charge in [-0.25, -0.2) is 0 Å². The summed E-state index contributed by atoms with van der Waals surface area (Å²) >= 11 is 0. The molecule has 4 nitrogen and oxygen atoms in total. The van der Waals surface area contributed by atoms with Gasteiger partial charge in [0.05, 0.1) is 0 Å². The van der Waals surface area contributed by atoms with Gasteiger partial charge in [-0.2, -0.15) is 0 Å². The molecule has 1 aliphatic heterocycles. The quantitative estimate of drug-likeness (QED) is 0.626. The van der Waals surface area contributed by atoms with E-state index in [1.54, 1.807) is 24.1 Å².